The second-order valence-electron chi connectivity index (χ2n) is 8.99. The van der Waals surface area contributed by atoms with Gasteiger partial charge in [-0.25, -0.2) is 4.79 Å². The SMILES string of the molecule is CC(C)Cn1c(=O)n(C)c(=O)c2c(-c3cccn3C)n(Cc3ccnc4ccc(Cl)cc34)nc21. The van der Waals surface area contributed by atoms with E-state index in [4.69, 9.17) is 16.7 Å². The molecule has 0 saturated heterocycles. The molecule has 0 atom stereocenters. The molecule has 9 heteroatoms. The number of hydrogen-bond donors (Lipinski definition) is 0. The van der Waals surface area contributed by atoms with Gasteiger partial charge in [-0.2, -0.15) is 5.10 Å². The molecule has 34 heavy (non-hydrogen) atoms. The molecule has 5 rings (SSSR count). The van der Waals surface area contributed by atoms with Crippen LogP contribution in [0.15, 0.2) is 58.4 Å². The van der Waals surface area contributed by atoms with Crippen LogP contribution in [0.2, 0.25) is 5.02 Å². The highest BCUT2D eigenvalue weighted by molar-refractivity contribution is 6.31. The number of aryl methyl sites for hydroxylation is 1. The highest BCUT2D eigenvalue weighted by Gasteiger charge is 2.24. The number of fused-ring (bicyclic) bond motifs is 2. The molecule has 5 aromatic rings. The summed E-state index contributed by atoms with van der Waals surface area (Å²) in [7, 11) is 3.44. The largest absolute Gasteiger partial charge is 0.349 e. The van der Waals surface area contributed by atoms with Crippen molar-refractivity contribution in [2.75, 3.05) is 0 Å². The normalized spacial score (nSPS) is 11.8. The monoisotopic (exact) mass is 476 g/mol. The smallest absolute Gasteiger partial charge is 0.332 e. The molecular formula is C25H25ClN6O2. The van der Waals surface area contributed by atoms with Gasteiger partial charge in [-0.05, 0) is 47.9 Å². The van der Waals surface area contributed by atoms with Crippen LogP contribution in [0, 0.1) is 5.92 Å². The summed E-state index contributed by atoms with van der Waals surface area (Å²) in [6, 6.07) is 11.4. The Morgan fingerprint density at radius 3 is 2.59 bits per heavy atom. The molecule has 0 aliphatic carbocycles. The summed E-state index contributed by atoms with van der Waals surface area (Å²) in [5.74, 6) is 0.202. The van der Waals surface area contributed by atoms with Crippen LogP contribution < -0.4 is 11.2 Å². The van der Waals surface area contributed by atoms with E-state index in [2.05, 4.69) is 4.98 Å². The van der Waals surface area contributed by atoms with Crippen molar-refractivity contribution < 1.29 is 0 Å². The van der Waals surface area contributed by atoms with E-state index >= 15 is 0 Å². The van der Waals surface area contributed by atoms with E-state index in [1.54, 1.807) is 10.8 Å². The Morgan fingerprint density at radius 2 is 1.88 bits per heavy atom. The van der Waals surface area contributed by atoms with Crippen molar-refractivity contribution in [2.45, 2.75) is 26.9 Å². The van der Waals surface area contributed by atoms with Crippen LogP contribution >= 0.6 is 11.6 Å². The zero-order valence-corrected chi connectivity index (χ0v) is 20.2. The minimum atomic E-state index is -0.365. The molecule has 4 heterocycles. The van der Waals surface area contributed by atoms with Gasteiger partial charge in [0.15, 0.2) is 5.65 Å². The zero-order valence-electron chi connectivity index (χ0n) is 19.5. The van der Waals surface area contributed by atoms with E-state index in [-0.39, 0.29) is 17.2 Å². The Labute approximate surface area is 200 Å². The van der Waals surface area contributed by atoms with E-state index < -0.39 is 0 Å². The number of benzene rings is 1. The van der Waals surface area contributed by atoms with E-state index in [0.29, 0.717) is 34.8 Å². The molecular weight excluding hydrogens is 452 g/mol. The zero-order chi connectivity index (χ0) is 24.1. The fourth-order valence-electron chi connectivity index (χ4n) is 4.45. The van der Waals surface area contributed by atoms with Crippen LogP contribution in [0.1, 0.15) is 19.4 Å². The Morgan fingerprint density at radius 1 is 1.09 bits per heavy atom. The average molecular weight is 477 g/mol. The third kappa shape index (κ3) is 3.54. The molecule has 4 aromatic heterocycles. The molecule has 0 fully saturated rings. The van der Waals surface area contributed by atoms with Gasteiger partial charge in [-0.1, -0.05) is 25.4 Å². The van der Waals surface area contributed by atoms with Gasteiger partial charge in [0.05, 0.1) is 17.8 Å². The van der Waals surface area contributed by atoms with Gasteiger partial charge in [0, 0.05) is 43.4 Å². The maximum Gasteiger partial charge on any atom is 0.332 e. The highest BCUT2D eigenvalue weighted by Crippen LogP contribution is 2.29. The molecule has 8 nitrogen and oxygen atoms in total. The molecule has 0 radical (unpaired) electrons. The summed E-state index contributed by atoms with van der Waals surface area (Å²) in [6.07, 6.45) is 3.68. The Balaban J connectivity index is 1.85. The van der Waals surface area contributed by atoms with Gasteiger partial charge in [-0.3, -0.25) is 23.6 Å². The van der Waals surface area contributed by atoms with Crippen LogP contribution in [-0.4, -0.2) is 28.5 Å². The quantitative estimate of drug-likeness (QED) is 0.386. The second kappa shape index (κ2) is 8.29. The lowest BCUT2D eigenvalue weighted by molar-refractivity contribution is 0.498. The number of rotatable bonds is 5. The van der Waals surface area contributed by atoms with Crippen LogP contribution in [0.4, 0.5) is 0 Å². The van der Waals surface area contributed by atoms with Crippen molar-refractivity contribution in [3.63, 3.8) is 0 Å². The first kappa shape index (κ1) is 22.2. The first-order chi connectivity index (χ1) is 16.3. The molecule has 0 spiro atoms. The van der Waals surface area contributed by atoms with Crippen molar-refractivity contribution in [3.8, 4) is 11.4 Å². The lowest BCUT2D eigenvalue weighted by Gasteiger charge is -2.11. The van der Waals surface area contributed by atoms with Gasteiger partial charge >= 0.3 is 5.69 Å². The minimum absolute atomic E-state index is 0.202. The van der Waals surface area contributed by atoms with E-state index in [0.717, 1.165) is 22.2 Å². The summed E-state index contributed by atoms with van der Waals surface area (Å²) in [4.78, 5) is 30.9. The lowest BCUT2D eigenvalue weighted by Crippen LogP contribution is -2.38. The van der Waals surface area contributed by atoms with Crippen molar-refractivity contribution in [1.29, 1.82) is 0 Å². The Bertz CT molecular complexity index is 1670. The Hall–Kier alpha value is -3.65. The highest BCUT2D eigenvalue weighted by atomic mass is 35.5. The summed E-state index contributed by atoms with van der Waals surface area (Å²) >= 11 is 6.28. The van der Waals surface area contributed by atoms with E-state index in [1.807, 2.05) is 72.7 Å². The van der Waals surface area contributed by atoms with E-state index in [9.17, 15) is 9.59 Å². The van der Waals surface area contributed by atoms with Crippen molar-refractivity contribution in [1.82, 2.24) is 28.5 Å². The average Bonchev–Trinajstić information content (AvgIpc) is 3.38. The van der Waals surface area contributed by atoms with Crippen LogP contribution in [0.3, 0.4) is 0 Å². The molecule has 174 valence electrons. The van der Waals surface area contributed by atoms with Gasteiger partial charge in [-0.15, -0.1) is 0 Å². The molecule has 0 unspecified atom stereocenters. The third-order valence-corrected chi connectivity index (χ3v) is 6.31. The van der Waals surface area contributed by atoms with E-state index in [1.165, 1.54) is 11.6 Å². The molecule has 1 aromatic carbocycles. The maximum atomic E-state index is 13.4. The molecule has 0 saturated carbocycles. The van der Waals surface area contributed by atoms with Gasteiger partial charge in [0.1, 0.15) is 11.1 Å². The van der Waals surface area contributed by atoms with Gasteiger partial charge in [0.2, 0.25) is 0 Å². The third-order valence-electron chi connectivity index (χ3n) is 6.07. The lowest BCUT2D eigenvalue weighted by atomic mass is 10.1. The van der Waals surface area contributed by atoms with Crippen molar-refractivity contribution in [3.05, 3.63) is 80.2 Å². The van der Waals surface area contributed by atoms with Crippen molar-refractivity contribution in [2.24, 2.45) is 20.0 Å². The second-order valence-corrected chi connectivity index (χ2v) is 9.43. The number of pyridine rings is 1. The van der Waals surface area contributed by atoms with Crippen LogP contribution in [0.5, 0.6) is 0 Å². The number of aromatic nitrogens is 6. The summed E-state index contributed by atoms with van der Waals surface area (Å²) in [5.41, 5.74) is 2.98. The maximum absolute atomic E-state index is 13.4. The molecule has 0 bridgehead atoms. The van der Waals surface area contributed by atoms with Crippen molar-refractivity contribution >= 4 is 33.5 Å². The minimum Gasteiger partial charge on any atom is -0.349 e. The standard InChI is InChI=1S/C25H25ClN6O2/c1-15(2)13-31-23-21(24(33)30(4)25(31)34)22(20-6-5-11-29(20)3)32(28-23)14-16-9-10-27-19-8-7-17(26)12-18(16)19/h5-12,15H,13-14H2,1-4H3. The van der Waals surface area contributed by atoms with Crippen LogP contribution in [0.25, 0.3) is 33.3 Å². The number of halogens is 1. The fraction of sp³-hybridized carbons (Fsp3) is 0.280. The summed E-state index contributed by atoms with van der Waals surface area (Å²) in [5, 5.41) is 6.82. The summed E-state index contributed by atoms with van der Waals surface area (Å²) < 4.78 is 6.54. The molecule has 0 N–H and O–H groups in total. The predicted molar refractivity (Wildman–Crippen MR) is 134 cm³/mol. The summed E-state index contributed by atoms with van der Waals surface area (Å²) in [6.45, 7) is 4.91. The number of hydrogen-bond acceptors (Lipinski definition) is 4. The first-order valence-corrected chi connectivity index (χ1v) is 11.5. The van der Waals surface area contributed by atoms with Gasteiger partial charge < -0.3 is 4.57 Å². The van der Waals surface area contributed by atoms with Gasteiger partial charge in [0.25, 0.3) is 5.56 Å². The number of nitrogens with zero attached hydrogens (tertiary/aromatic N) is 6. The Kier molecular flexibility index (Phi) is 5.40. The first-order valence-electron chi connectivity index (χ1n) is 11.1. The predicted octanol–water partition coefficient (Wildman–Crippen LogP) is 3.81. The molecule has 0 aliphatic rings. The fourth-order valence-corrected chi connectivity index (χ4v) is 4.62. The molecule has 0 amide bonds. The molecule has 0 aliphatic heterocycles. The van der Waals surface area contributed by atoms with Crippen LogP contribution in [-0.2, 0) is 27.2 Å². The topological polar surface area (TPSA) is 79.6 Å².